The fraction of sp³-hybridized carbons (Fsp3) is 0.528. The van der Waals surface area contributed by atoms with E-state index < -0.39 is 12.0 Å². The molecule has 1 aliphatic rings. The number of amides is 1. The lowest BCUT2D eigenvalue weighted by molar-refractivity contribution is -0.141. The summed E-state index contributed by atoms with van der Waals surface area (Å²) in [6, 6.07) is 12.8. The summed E-state index contributed by atoms with van der Waals surface area (Å²) in [5, 5.41) is 9.54. The Hall–Kier alpha value is -3.16. The number of ketones is 1. The second kappa shape index (κ2) is 17.4. The molecule has 0 unspecified atom stereocenters. The Kier molecular flexibility index (Phi) is 13.9. The molecule has 7 nitrogen and oxygen atoms in total. The van der Waals surface area contributed by atoms with Gasteiger partial charge in [0.25, 0.3) is 5.91 Å². The Morgan fingerprint density at radius 3 is 2.14 bits per heavy atom. The summed E-state index contributed by atoms with van der Waals surface area (Å²) < 4.78 is 1.89. The number of aryl methyl sites for hydroxylation is 2. The van der Waals surface area contributed by atoms with E-state index in [1.807, 2.05) is 22.6 Å². The topological polar surface area (TPSA) is 82.3 Å². The predicted octanol–water partition coefficient (Wildman–Crippen LogP) is 7.46. The van der Waals surface area contributed by atoms with E-state index in [1.54, 1.807) is 18.3 Å². The average Bonchev–Trinajstić information content (AvgIpc) is 3.65. The number of rotatable bonds is 17. The number of halogens is 1. The van der Waals surface area contributed by atoms with Crippen LogP contribution in [-0.2, 0) is 17.6 Å². The maximum Gasteiger partial charge on any atom is 0.326 e. The molecule has 4 rings (SSSR count). The number of pyridine rings is 1. The number of carboxylic acids is 1. The number of hydrogen-bond acceptors (Lipinski definition) is 4. The molecule has 1 amide bonds. The van der Waals surface area contributed by atoms with E-state index >= 15 is 0 Å². The van der Waals surface area contributed by atoms with Crippen molar-refractivity contribution in [3.05, 3.63) is 76.6 Å². The maximum absolute atomic E-state index is 13.9. The molecule has 1 atom stereocenters. The molecule has 1 fully saturated rings. The molecule has 3 aromatic rings. The Morgan fingerprint density at radius 1 is 0.841 bits per heavy atom. The second-order valence-electron chi connectivity index (χ2n) is 12.0. The smallest absolute Gasteiger partial charge is 0.326 e. The molecule has 1 saturated heterocycles. The van der Waals surface area contributed by atoms with Crippen molar-refractivity contribution in [1.82, 2.24) is 14.2 Å². The van der Waals surface area contributed by atoms with Crippen molar-refractivity contribution in [2.75, 3.05) is 26.2 Å². The summed E-state index contributed by atoms with van der Waals surface area (Å²) in [5.74, 6) is -1.25. The minimum absolute atomic E-state index is 0. The first kappa shape index (κ1) is 35.3. The highest BCUT2D eigenvalue weighted by molar-refractivity contribution is 6.10. The molecule has 3 heterocycles. The van der Waals surface area contributed by atoms with E-state index in [2.05, 4.69) is 37.8 Å². The van der Waals surface area contributed by atoms with E-state index in [-0.39, 0.29) is 24.1 Å². The summed E-state index contributed by atoms with van der Waals surface area (Å²) in [5.41, 5.74) is 4.76. The number of aromatic nitrogens is 1. The molecule has 1 N–H and O–H groups in total. The first-order chi connectivity index (χ1) is 20.9. The maximum atomic E-state index is 13.9. The molecule has 8 heteroatoms. The van der Waals surface area contributed by atoms with Crippen LogP contribution in [0.1, 0.15) is 116 Å². The highest BCUT2D eigenvalue weighted by Crippen LogP contribution is 2.26. The van der Waals surface area contributed by atoms with Gasteiger partial charge in [-0.15, -0.1) is 12.4 Å². The number of fused-ring (bicyclic) bond motifs is 1. The van der Waals surface area contributed by atoms with Gasteiger partial charge in [-0.25, -0.2) is 4.79 Å². The van der Waals surface area contributed by atoms with Crippen molar-refractivity contribution >= 4 is 35.6 Å². The number of carboxylic acid groups (broad SMARTS) is 1. The van der Waals surface area contributed by atoms with Crippen molar-refractivity contribution in [2.45, 2.75) is 97.4 Å². The van der Waals surface area contributed by atoms with Gasteiger partial charge in [-0.2, -0.15) is 0 Å². The van der Waals surface area contributed by atoms with Crippen molar-refractivity contribution in [2.24, 2.45) is 0 Å². The molecule has 1 aliphatic heterocycles. The molecule has 44 heavy (non-hydrogen) atoms. The van der Waals surface area contributed by atoms with Crippen LogP contribution in [0, 0.1) is 0 Å². The quantitative estimate of drug-likeness (QED) is 0.158. The number of nitrogens with zero attached hydrogens (tertiary/aromatic N) is 3. The summed E-state index contributed by atoms with van der Waals surface area (Å²) >= 11 is 0. The molecule has 2 aromatic heterocycles. The lowest BCUT2D eigenvalue weighted by Crippen LogP contribution is -2.40. The number of carbonyl (C=O) groups is 3. The van der Waals surface area contributed by atoms with Gasteiger partial charge in [-0.05, 0) is 100 Å². The summed E-state index contributed by atoms with van der Waals surface area (Å²) in [4.78, 5) is 42.8. The summed E-state index contributed by atoms with van der Waals surface area (Å²) in [6.45, 7) is 10.5. The summed E-state index contributed by atoms with van der Waals surface area (Å²) in [7, 11) is 0. The Balaban J connectivity index is 0.00000529. The number of benzene rings is 1. The van der Waals surface area contributed by atoms with Gasteiger partial charge < -0.3 is 19.3 Å². The van der Waals surface area contributed by atoms with Crippen LogP contribution in [0.5, 0.6) is 0 Å². The fourth-order valence-electron chi connectivity index (χ4n) is 6.18. The second-order valence-corrected chi connectivity index (χ2v) is 12.0. The predicted molar refractivity (Wildman–Crippen MR) is 179 cm³/mol. The van der Waals surface area contributed by atoms with Crippen LogP contribution in [0.4, 0.5) is 0 Å². The average molecular weight is 624 g/mol. The fourth-order valence-corrected chi connectivity index (χ4v) is 6.18. The van der Waals surface area contributed by atoms with Crippen LogP contribution in [0.2, 0.25) is 0 Å². The standard InChI is InChI=1S/C36H49N3O4.ClH/c1-4-7-13-29-25-31-26-30(35(41)39-23-11-14-32(39)36(42)43)19-24-38(31)33(29)34(40)28-17-15-27(16-18-28)12-10-22-37(20-8-5-2)21-9-6-3;/h15-19,24-26,32H,4-14,20-23H2,1-3H3,(H,42,43);1H/t32-;/m0./s1. The molecule has 0 radical (unpaired) electrons. The number of carbonyl (C=O) groups excluding carboxylic acids is 2. The van der Waals surface area contributed by atoms with Gasteiger partial charge in [0.15, 0.2) is 0 Å². The minimum Gasteiger partial charge on any atom is -0.480 e. The SMILES string of the molecule is CCCCc1cc2cc(C(=O)N3CCC[C@H]3C(=O)O)ccn2c1C(=O)c1ccc(CCCN(CCCC)CCCC)cc1.Cl. The van der Waals surface area contributed by atoms with Gasteiger partial charge in [0.2, 0.25) is 5.78 Å². The van der Waals surface area contributed by atoms with Crippen molar-refractivity contribution < 1.29 is 19.5 Å². The van der Waals surface area contributed by atoms with Crippen LogP contribution in [0.15, 0.2) is 48.7 Å². The minimum atomic E-state index is -0.962. The van der Waals surface area contributed by atoms with Crippen molar-refractivity contribution in [3.8, 4) is 0 Å². The van der Waals surface area contributed by atoms with Crippen LogP contribution in [-0.4, -0.2) is 69.2 Å². The third kappa shape index (κ3) is 8.72. The molecule has 0 spiro atoms. The molecule has 1 aromatic carbocycles. The number of aliphatic carboxylic acids is 1. The first-order valence-corrected chi connectivity index (χ1v) is 16.4. The Bertz CT molecular complexity index is 1380. The van der Waals surface area contributed by atoms with E-state index in [0.29, 0.717) is 36.2 Å². The van der Waals surface area contributed by atoms with Crippen LogP contribution >= 0.6 is 12.4 Å². The van der Waals surface area contributed by atoms with Gasteiger partial charge in [-0.3, -0.25) is 9.59 Å². The van der Waals surface area contributed by atoms with Gasteiger partial charge >= 0.3 is 5.97 Å². The van der Waals surface area contributed by atoms with E-state index in [1.165, 1.54) is 49.2 Å². The van der Waals surface area contributed by atoms with Gasteiger partial charge in [0.1, 0.15) is 6.04 Å². The third-order valence-corrected chi connectivity index (χ3v) is 8.72. The van der Waals surface area contributed by atoms with Crippen LogP contribution in [0.3, 0.4) is 0 Å². The Morgan fingerprint density at radius 2 is 1.50 bits per heavy atom. The van der Waals surface area contributed by atoms with E-state index in [4.69, 9.17) is 0 Å². The lowest BCUT2D eigenvalue weighted by atomic mass is 10.00. The highest BCUT2D eigenvalue weighted by Gasteiger charge is 2.34. The first-order valence-electron chi connectivity index (χ1n) is 16.4. The highest BCUT2D eigenvalue weighted by atomic mass is 35.5. The molecule has 0 aliphatic carbocycles. The van der Waals surface area contributed by atoms with Crippen molar-refractivity contribution in [3.63, 3.8) is 0 Å². The van der Waals surface area contributed by atoms with E-state index in [9.17, 15) is 19.5 Å². The largest absolute Gasteiger partial charge is 0.480 e. The Labute approximate surface area is 269 Å². The van der Waals surface area contributed by atoms with E-state index in [0.717, 1.165) is 49.7 Å². The molecule has 0 bridgehead atoms. The zero-order chi connectivity index (χ0) is 30.8. The zero-order valence-corrected chi connectivity index (χ0v) is 27.5. The van der Waals surface area contributed by atoms with Gasteiger partial charge in [-0.1, -0.05) is 64.3 Å². The van der Waals surface area contributed by atoms with Gasteiger partial charge in [0, 0.05) is 29.4 Å². The monoisotopic (exact) mass is 623 g/mol. The van der Waals surface area contributed by atoms with Gasteiger partial charge in [0.05, 0.1) is 5.69 Å². The van der Waals surface area contributed by atoms with Crippen LogP contribution < -0.4 is 0 Å². The normalized spacial score (nSPS) is 14.7. The number of hydrogen-bond donors (Lipinski definition) is 1. The molecular formula is C36H50ClN3O4. The third-order valence-electron chi connectivity index (χ3n) is 8.72. The zero-order valence-electron chi connectivity index (χ0n) is 26.7. The number of likely N-dealkylation sites (tertiary alicyclic amines) is 1. The molecule has 240 valence electrons. The van der Waals surface area contributed by atoms with Crippen LogP contribution in [0.25, 0.3) is 5.52 Å². The number of unbranched alkanes of at least 4 members (excludes halogenated alkanes) is 3. The summed E-state index contributed by atoms with van der Waals surface area (Å²) in [6.07, 6.45) is 12.7. The van der Waals surface area contributed by atoms with Crippen molar-refractivity contribution in [1.29, 1.82) is 0 Å². The molecule has 0 saturated carbocycles. The molecular weight excluding hydrogens is 574 g/mol. The lowest BCUT2D eigenvalue weighted by Gasteiger charge is -2.21.